The number of amides is 1. The molecule has 0 N–H and O–H groups in total. The van der Waals surface area contributed by atoms with Gasteiger partial charge in [0.05, 0.1) is 7.11 Å². The Morgan fingerprint density at radius 1 is 0.963 bits per heavy atom. The number of carbonyl (C=O) groups excluding carboxylic acids is 1. The normalized spacial score (nSPS) is 10.4. The number of aromatic nitrogens is 1. The van der Waals surface area contributed by atoms with E-state index in [1.807, 2.05) is 54.6 Å². The third kappa shape index (κ3) is 4.64. The Morgan fingerprint density at radius 2 is 1.63 bits per heavy atom. The topological polar surface area (TPSA) is 51.5 Å². The van der Waals surface area contributed by atoms with Gasteiger partial charge in [0, 0.05) is 25.9 Å². The number of ether oxygens (including phenoxy) is 1. The molecule has 0 aliphatic carbocycles. The van der Waals surface area contributed by atoms with Crippen molar-refractivity contribution < 1.29 is 9.53 Å². The standard InChI is InChI=1S/C22H22N2O3/c1-23(14-17-6-4-3-5-7-17)22(26)16-24-15-19(10-13-21(24)25)18-8-11-20(27-2)12-9-18/h3-13,15H,14,16H2,1-2H3. The summed E-state index contributed by atoms with van der Waals surface area (Å²) in [7, 11) is 3.36. The molecule has 0 saturated heterocycles. The number of hydrogen-bond acceptors (Lipinski definition) is 3. The van der Waals surface area contributed by atoms with E-state index in [0.29, 0.717) is 6.54 Å². The fraction of sp³-hybridized carbons (Fsp3) is 0.182. The Balaban J connectivity index is 1.75. The Kier molecular flexibility index (Phi) is 5.71. The summed E-state index contributed by atoms with van der Waals surface area (Å²) in [5.74, 6) is 0.651. The molecule has 0 spiro atoms. The van der Waals surface area contributed by atoms with E-state index in [-0.39, 0.29) is 18.0 Å². The third-order valence-corrected chi connectivity index (χ3v) is 4.40. The number of nitrogens with zero attached hydrogens (tertiary/aromatic N) is 2. The number of pyridine rings is 1. The molecule has 0 unspecified atom stereocenters. The molecule has 27 heavy (non-hydrogen) atoms. The SMILES string of the molecule is COc1ccc(-c2ccc(=O)n(CC(=O)N(C)Cc3ccccc3)c2)cc1. The largest absolute Gasteiger partial charge is 0.497 e. The van der Waals surface area contributed by atoms with Crippen LogP contribution in [0.4, 0.5) is 0 Å². The Labute approximate surface area is 158 Å². The molecule has 0 atom stereocenters. The van der Waals surface area contributed by atoms with Crippen molar-refractivity contribution in [3.05, 3.63) is 88.8 Å². The first-order valence-electron chi connectivity index (χ1n) is 8.69. The smallest absolute Gasteiger partial charge is 0.251 e. The van der Waals surface area contributed by atoms with E-state index in [9.17, 15) is 9.59 Å². The van der Waals surface area contributed by atoms with Crippen LogP contribution in [-0.2, 0) is 17.9 Å². The lowest BCUT2D eigenvalue weighted by molar-refractivity contribution is -0.131. The summed E-state index contributed by atoms with van der Waals surface area (Å²) in [5, 5.41) is 0. The highest BCUT2D eigenvalue weighted by Crippen LogP contribution is 2.21. The lowest BCUT2D eigenvalue weighted by atomic mass is 10.1. The summed E-state index contributed by atoms with van der Waals surface area (Å²) < 4.78 is 6.62. The van der Waals surface area contributed by atoms with Gasteiger partial charge in [-0.3, -0.25) is 9.59 Å². The number of carbonyl (C=O) groups is 1. The Bertz CT molecular complexity index is 963. The Hall–Kier alpha value is -3.34. The molecule has 3 rings (SSSR count). The average molecular weight is 362 g/mol. The van der Waals surface area contributed by atoms with Gasteiger partial charge in [0.1, 0.15) is 12.3 Å². The van der Waals surface area contributed by atoms with Gasteiger partial charge in [0.15, 0.2) is 0 Å². The van der Waals surface area contributed by atoms with Gasteiger partial charge in [0.2, 0.25) is 5.91 Å². The molecule has 138 valence electrons. The number of hydrogen-bond donors (Lipinski definition) is 0. The first kappa shape index (κ1) is 18.5. The van der Waals surface area contributed by atoms with Crippen LogP contribution in [-0.4, -0.2) is 29.5 Å². The van der Waals surface area contributed by atoms with Gasteiger partial charge >= 0.3 is 0 Å². The zero-order valence-electron chi connectivity index (χ0n) is 15.5. The van der Waals surface area contributed by atoms with Gasteiger partial charge in [-0.25, -0.2) is 0 Å². The van der Waals surface area contributed by atoms with Crippen molar-refractivity contribution in [3.8, 4) is 16.9 Å². The average Bonchev–Trinajstić information content (AvgIpc) is 2.70. The van der Waals surface area contributed by atoms with Crippen LogP contribution in [0, 0.1) is 0 Å². The molecule has 5 heteroatoms. The number of rotatable bonds is 6. The predicted octanol–water partition coefficient (Wildman–Crippen LogP) is 3.18. The fourth-order valence-corrected chi connectivity index (χ4v) is 2.82. The van der Waals surface area contributed by atoms with E-state index in [4.69, 9.17) is 4.74 Å². The fourth-order valence-electron chi connectivity index (χ4n) is 2.82. The van der Waals surface area contributed by atoms with Gasteiger partial charge in [-0.1, -0.05) is 42.5 Å². The minimum atomic E-state index is -0.200. The van der Waals surface area contributed by atoms with Gasteiger partial charge < -0.3 is 14.2 Å². The quantitative estimate of drug-likeness (QED) is 0.677. The molecule has 3 aromatic rings. The lowest BCUT2D eigenvalue weighted by Gasteiger charge is -2.18. The molecular formula is C22H22N2O3. The molecule has 0 saturated carbocycles. The van der Waals surface area contributed by atoms with Gasteiger partial charge in [-0.05, 0) is 34.9 Å². The van der Waals surface area contributed by atoms with Crippen LogP contribution in [0.3, 0.4) is 0 Å². The summed E-state index contributed by atoms with van der Waals surface area (Å²) in [5.41, 5.74) is 2.67. The third-order valence-electron chi connectivity index (χ3n) is 4.40. The molecule has 1 amide bonds. The van der Waals surface area contributed by atoms with E-state index in [2.05, 4.69) is 0 Å². The first-order chi connectivity index (χ1) is 13.1. The maximum absolute atomic E-state index is 12.6. The van der Waals surface area contributed by atoms with Crippen molar-refractivity contribution in [2.24, 2.45) is 0 Å². The van der Waals surface area contributed by atoms with E-state index < -0.39 is 0 Å². The van der Waals surface area contributed by atoms with Crippen LogP contribution in [0.25, 0.3) is 11.1 Å². The summed E-state index contributed by atoms with van der Waals surface area (Å²) in [6.07, 6.45) is 1.72. The highest BCUT2D eigenvalue weighted by atomic mass is 16.5. The van der Waals surface area contributed by atoms with Crippen LogP contribution in [0.2, 0.25) is 0 Å². The summed E-state index contributed by atoms with van der Waals surface area (Å²) in [6.45, 7) is 0.513. The maximum atomic E-state index is 12.6. The predicted molar refractivity (Wildman–Crippen MR) is 106 cm³/mol. The molecule has 0 fully saturated rings. The van der Waals surface area contributed by atoms with Crippen molar-refractivity contribution >= 4 is 5.91 Å². The minimum Gasteiger partial charge on any atom is -0.497 e. The van der Waals surface area contributed by atoms with E-state index >= 15 is 0 Å². The zero-order valence-corrected chi connectivity index (χ0v) is 15.5. The van der Waals surface area contributed by atoms with Crippen molar-refractivity contribution in [1.82, 2.24) is 9.47 Å². The van der Waals surface area contributed by atoms with Gasteiger partial charge in [0.25, 0.3) is 5.56 Å². The maximum Gasteiger partial charge on any atom is 0.251 e. The van der Waals surface area contributed by atoms with Crippen LogP contribution in [0.15, 0.2) is 77.7 Å². The van der Waals surface area contributed by atoms with Crippen LogP contribution in [0.5, 0.6) is 5.75 Å². The molecule has 1 heterocycles. The van der Waals surface area contributed by atoms with Crippen molar-refractivity contribution in [1.29, 1.82) is 0 Å². The lowest BCUT2D eigenvalue weighted by Crippen LogP contribution is -2.33. The van der Waals surface area contributed by atoms with Gasteiger partial charge in [-0.2, -0.15) is 0 Å². The minimum absolute atomic E-state index is 0.00611. The van der Waals surface area contributed by atoms with E-state index in [1.54, 1.807) is 31.3 Å². The van der Waals surface area contributed by atoms with E-state index in [0.717, 1.165) is 22.4 Å². The van der Waals surface area contributed by atoms with Crippen molar-refractivity contribution in [2.45, 2.75) is 13.1 Å². The number of methoxy groups -OCH3 is 1. The van der Waals surface area contributed by atoms with Crippen molar-refractivity contribution in [3.63, 3.8) is 0 Å². The molecule has 1 aromatic heterocycles. The Morgan fingerprint density at radius 3 is 2.30 bits per heavy atom. The highest BCUT2D eigenvalue weighted by Gasteiger charge is 2.12. The second kappa shape index (κ2) is 8.36. The first-order valence-corrected chi connectivity index (χ1v) is 8.69. The molecule has 0 bridgehead atoms. The van der Waals surface area contributed by atoms with Crippen LogP contribution >= 0.6 is 0 Å². The molecule has 0 aliphatic heterocycles. The van der Waals surface area contributed by atoms with Crippen LogP contribution in [0.1, 0.15) is 5.56 Å². The monoisotopic (exact) mass is 362 g/mol. The second-order valence-corrected chi connectivity index (χ2v) is 6.35. The molecule has 2 aromatic carbocycles. The second-order valence-electron chi connectivity index (χ2n) is 6.35. The molecular weight excluding hydrogens is 340 g/mol. The molecule has 0 aliphatic rings. The highest BCUT2D eigenvalue weighted by molar-refractivity contribution is 5.76. The zero-order chi connectivity index (χ0) is 19.2. The number of benzene rings is 2. The molecule has 5 nitrogen and oxygen atoms in total. The summed E-state index contributed by atoms with van der Waals surface area (Å²) >= 11 is 0. The summed E-state index contributed by atoms with van der Waals surface area (Å²) in [6, 6.07) is 20.6. The van der Waals surface area contributed by atoms with Crippen LogP contribution < -0.4 is 10.3 Å². The van der Waals surface area contributed by atoms with E-state index in [1.165, 1.54) is 10.6 Å². The molecule has 0 radical (unpaired) electrons. The van der Waals surface area contributed by atoms with Crippen molar-refractivity contribution in [2.75, 3.05) is 14.2 Å². The number of likely N-dealkylation sites (N-methyl/N-ethyl adjacent to an activating group) is 1. The summed E-state index contributed by atoms with van der Waals surface area (Å²) in [4.78, 5) is 26.4. The van der Waals surface area contributed by atoms with Gasteiger partial charge in [-0.15, -0.1) is 0 Å².